The van der Waals surface area contributed by atoms with Gasteiger partial charge < -0.3 is 24.8 Å². The predicted molar refractivity (Wildman–Crippen MR) is 137 cm³/mol. The monoisotopic (exact) mass is 639 g/mol. The SMILES string of the molecule is Cn1cc2c(c1C(=O)Nc1ccc(F)c(C(F)F)c1)OCC1(CCN(C(=O)C(=O)NC(C)(C)C(F)(F)F)CC1)NS2(=O)=O. The van der Waals surface area contributed by atoms with Crippen molar-refractivity contribution in [1.29, 1.82) is 0 Å². The number of fused-ring (bicyclic) bond motifs is 1. The number of sulfonamides is 1. The highest BCUT2D eigenvalue weighted by molar-refractivity contribution is 7.89. The van der Waals surface area contributed by atoms with Crippen LogP contribution in [0.25, 0.3) is 0 Å². The molecule has 0 bridgehead atoms. The fourth-order valence-electron chi connectivity index (χ4n) is 4.66. The van der Waals surface area contributed by atoms with Crippen LogP contribution in [0.4, 0.5) is 32.0 Å². The molecule has 4 rings (SSSR count). The molecule has 1 saturated heterocycles. The Hall–Kier alpha value is -3.80. The number of alkyl halides is 5. The van der Waals surface area contributed by atoms with E-state index in [0.29, 0.717) is 13.8 Å². The zero-order valence-electron chi connectivity index (χ0n) is 22.9. The Morgan fingerprint density at radius 2 is 1.74 bits per heavy atom. The maximum Gasteiger partial charge on any atom is 0.410 e. The Kier molecular flexibility index (Phi) is 8.25. The van der Waals surface area contributed by atoms with Crippen LogP contribution in [0.1, 0.15) is 49.2 Å². The van der Waals surface area contributed by atoms with Gasteiger partial charge in [0.1, 0.15) is 22.9 Å². The molecular weight excluding hydrogens is 612 g/mol. The summed E-state index contributed by atoms with van der Waals surface area (Å²) in [5.41, 5.74) is -5.38. The van der Waals surface area contributed by atoms with Crippen molar-refractivity contribution in [3.63, 3.8) is 0 Å². The third kappa shape index (κ3) is 6.29. The number of hydrogen-bond acceptors (Lipinski definition) is 6. The zero-order valence-corrected chi connectivity index (χ0v) is 23.8. The average molecular weight is 640 g/mol. The lowest BCUT2D eigenvalue weighted by molar-refractivity contribution is -0.189. The van der Waals surface area contributed by atoms with Gasteiger partial charge in [-0.05, 0) is 44.9 Å². The van der Waals surface area contributed by atoms with Gasteiger partial charge in [-0.1, -0.05) is 0 Å². The Labute approximate surface area is 241 Å². The molecule has 3 N–H and O–H groups in total. The normalized spacial score (nSPS) is 18.0. The number of benzene rings is 1. The number of ether oxygens (including phenoxy) is 1. The standard InChI is InChI=1S/C25H27F6N5O6S/c1-23(2,25(29,30)31)33-21(38)22(39)36-8-6-24(7-9-36)12-42-18-16(43(40,41)34-24)11-35(3)17(18)20(37)32-13-4-5-15(26)14(10-13)19(27)28/h4-5,10-11,19,34H,6-9,12H2,1-3H3,(H,32,37)(H,33,38). The van der Waals surface area contributed by atoms with Crippen molar-refractivity contribution in [1.82, 2.24) is 19.5 Å². The molecule has 2 aliphatic rings. The first-order valence-electron chi connectivity index (χ1n) is 12.7. The molecule has 0 atom stereocenters. The number of nitrogens with one attached hydrogen (secondary N) is 3. The lowest BCUT2D eigenvalue weighted by Gasteiger charge is -2.40. The van der Waals surface area contributed by atoms with Crippen LogP contribution < -0.4 is 20.1 Å². The van der Waals surface area contributed by atoms with E-state index in [1.807, 2.05) is 0 Å². The van der Waals surface area contributed by atoms with E-state index >= 15 is 0 Å². The van der Waals surface area contributed by atoms with Gasteiger partial charge in [-0.3, -0.25) is 14.4 Å². The third-order valence-corrected chi connectivity index (χ3v) is 8.85. The summed E-state index contributed by atoms with van der Waals surface area (Å²) in [5.74, 6) is -5.14. The molecule has 43 heavy (non-hydrogen) atoms. The predicted octanol–water partition coefficient (Wildman–Crippen LogP) is 2.84. The Bertz CT molecular complexity index is 1560. The first-order chi connectivity index (χ1) is 19.8. The van der Waals surface area contributed by atoms with Crippen molar-refractivity contribution in [3.8, 4) is 5.75 Å². The number of hydrogen-bond donors (Lipinski definition) is 3. The van der Waals surface area contributed by atoms with Crippen LogP contribution >= 0.6 is 0 Å². The van der Waals surface area contributed by atoms with Gasteiger partial charge in [0.05, 0.1) is 11.1 Å². The van der Waals surface area contributed by atoms with Crippen molar-refractivity contribution in [2.24, 2.45) is 7.05 Å². The number of amides is 3. The number of aryl methyl sites for hydroxylation is 1. The van der Waals surface area contributed by atoms with Crippen LogP contribution in [0, 0.1) is 5.82 Å². The summed E-state index contributed by atoms with van der Waals surface area (Å²) in [6, 6.07) is 2.54. The van der Waals surface area contributed by atoms with E-state index in [4.69, 9.17) is 4.74 Å². The Balaban J connectivity index is 1.50. The number of piperidine rings is 1. The van der Waals surface area contributed by atoms with E-state index < -0.39 is 67.7 Å². The lowest BCUT2D eigenvalue weighted by Crippen LogP contribution is -2.61. The van der Waals surface area contributed by atoms with Crippen LogP contribution in [0.2, 0.25) is 0 Å². The van der Waals surface area contributed by atoms with Crippen molar-refractivity contribution in [3.05, 3.63) is 41.5 Å². The van der Waals surface area contributed by atoms with Gasteiger partial charge in [-0.2, -0.15) is 13.2 Å². The molecule has 2 aliphatic heterocycles. The number of carbonyl (C=O) groups excluding carboxylic acids is 3. The highest BCUT2D eigenvalue weighted by Gasteiger charge is 2.50. The molecule has 0 saturated carbocycles. The molecule has 1 aromatic heterocycles. The minimum atomic E-state index is -4.82. The fourth-order valence-corrected chi connectivity index (χ4v) is 6.30. The van der Waals surface area contributed by atoms with Crippen molar-refractivity contribution >= 4 is 33.4 Å². The molecule has 3 heterocycles. The first kappa shape index (κ1) is 32.1. The summed E-state index contributed by atoms with van der Waals surface area (Å²) in [5, 5.41) is 3.98. The van der Waals surface area contributed by atoms with E-state index in [2.05, 4.69) is 10.0 Å². The summed E-state index contributed by atoms with van der Waals surface area (Å²) >= 11 is 0. The Morgan fingerprint density at radius 1 is 1.12 bits per heavy atom. The molecule has 236 valence electrons. The van der Waals surface area contributed by atoms with Gasteiger partial charge in [0, 0.05) is 32.0 Å². The van der Waals surface area contributed by atoms with Gasteiger partial charge in [0.2, 0.25) is 10.0 Å². The van der Waals surface area contributed by atoms with Crippen molar-refractivity contribution in [2.45, 2.75) is 55.3 Å². The molecule has 0 radical (unpaired) electrons. The average Bonchev–Trinajstić information content (AvgIpc) is 3.20. The molecule has 18 heteroatoms. The maximum absolute atomic E-state index is 13.7. The second-order valence-electron chi connectivity index (χ2n) is 10.8. The minimum absolute atomic E-state index is 0.0855. The molecular formula is C25H27F6N5O6S. The van der Waals surface area contributed by atoms with Gasteiger partial charge in [-0.25, -0.2) is 26.3 Å². The zero-order chi connectivity index (χ0) is 32.1. The highest BCUT2D eigenvalue weighted by atomic mass is 32.2. The smallest absolute Gasteiger partial charge is 0.410 e. The number of anilines is 1. The van der Waals surface area contributed by atoms with E-state index in [1.54, 1.807) is 5.32 Å². The highest BCUT2D eigenvalue weighted by Crippen LogP contribution is 2.37. The molecule has 3 amide bonds. The summed E-state index contributed by atoms with van der Waals surface area (Å²) in [7, 11) is -3.00. The van der Waals surface area contributed by atoms with Crippen LogP contribution in [0.15, 0.2) is 29.3 Å². The second-order valence-corrected chi connectivity index (χ2v) is 12.5. The van der Waals surface area contributed by atoms with Crippen molar-refractivity contribution in [2.75, 3.05) is 25.0 Å². The number of likely N-dealkylation sites (tertiary alicyclic amines) is 1. The largest absolute Gasteiger partial charge is 0.488 e. The number of carbonyl (C=O) groups is 3. The number of rotatable bonds is 4. The first-order valence-corrected chi connectivity index (χ1v) is 14.2. The summed E-state index contributed by atoms with van der Waals surface area (Å²) < 4.78 is 115. The molecule has 11 nitrogen and oxygen atoms in total. The Morgan fingerprint density at radius 3 is 2.33 bits per heavy atom. The number of halogens is 6. The summed E-state index contributed by atoms with van der Waals surface area (Å²) in [4.78, 5) is 38.5. The van der Waals surface area contributed by atoms with Gasteiger partial charge in [-0.15, -0.1) is 0 Å². The lowest BCUT2D eigenvalue weighted by atomic mass is 9.89. The van der Waals surface area contributed by atoms with Crippen LogP contribution in [-0.4, -0.2) is 72.6 Å². The summed E-state index contributed by atoms with van der Waals surface area (Å²) in [6.07, 6.45) is -7.03. The van der Waals surface area contributed by atoms with Crippen LogP contribution in [-0.2, 0) is 26.7 Å². The van der Waals surface area contributed by atoms with Crippen molar-refractivity contribution < 1.29 is 53.9 Å². The molecule has 1 fully saturated rings. The van der Waals surface area contributed by atoms with Gasteiger partial charge in [0.25, 0.3) is 12.3 Å². The quantitative estimate of drug-likeness (QED) is 0.348. The van der Waals surface area contributed by atoms with E-state index in [0.717, 1.165) is 33.9 Å². The minimum Gasteiger partial charge on any atom is -0.488 e. The number of aromatic nitrogens is 1. The van der Waals surface area contributed by atoms with Crippen LogP contribution in [0.5, 0.6) is 5.75 Å². The van der Waals surface area contributed by atoms with Gasteiger partial charge >= 0.3 is 18.0 Å². The molecule has 0 unspecified atom stereocenters. The summed E-state index contributed by atoms with van der Waals surface area (Å²) in [6.45, 7) is 0.673. The molecule has 1 spiro atoms. The van der Waals surface area contributed by atoms with E-state index in [-0.39, 0.29) is 49.7 Å². The fraction of sp³-hybridized carbons (Fsp3) is 0.480. The second kappa shape index (κ2) is 11.0. The molecule has 1 aromatic carbocycles. The molecule has 0 aliphatic carbocycles. The van der Waals surface area contributed by atoms with E-state index in [1.165, 1.54) is 7.05 Å². The number of nitrogens with zero attached hydrogens (tertiary/aromatic N) is 2. The van der Waals surface area contributed by atoms with Gasteiger partial charge in [0.15, 0.2) is 11.4 Å². The topological polar surface area (TPSA) is 139 Å². The van der Waals surface area contributed by atoms with E-state index in [9.17, 15) is 49.1 Å². The third-order valence-electron chi connectivity index (χ3n) is 7.28. The molecule has 2 aromatic rings. The van der Waals surface area contributed by atoms with Crippen LogP contribution in [0.3, 0.4) is 0 Å². The maximum atomic E-state index is 13.7.